The molecule has 0 spiro atoms. The maximum Gasteiger partial charge on any atom is 0.0691 e. The molecule has 1 fully saturated rings. The largest absolute Gasteiger partial charge is 0.377 e. The predicted molar refractivity (Wildman–Crippen MR) is 89.3 cm³/mol. The summed E-state index contributed by atoms with van der Waals surface area (Å²) in [5, 5.41) is 3.34. The monoisotopic (exact) mass is 309 g/mol. The maximum atomic E-state index is 12.4. The molecule has 3 atom stereocenters. The normalized spacial score (nSPS) is 21.4. The molecule has 0 aromatic heterocycles. The molecule has 0 bridgehead atoms. The van der Waals surface area contributed by atoms with Crippen molar-refractivity contribution in [1.82, 2.24) is 5.32 Å². The van der Waals surface area contributed by atoms with E-state index in [1.165, 1.54) is 22.3 Å². The van der Waals surface area contributed by atoms with Gasteiger partial charge in [-0.15, -0.1) is 0 Å². The fourth-order valence-electron chi connectivity index (χ4n) is 3.29. The van der Waals surface area contributed by atoms with E-state index in [2.05, 4.69) is 38.2 Å². The Labute approximate surface area is 130 Å². The van der Waals surface area contributed by atoms with Crippen LogP contribution in [-0.2, 0) is 15.5 Å². The number of ether oxygens (including phenoxy) is 1. The van der Waals surface area contributed by atoms with Gasteiger partial charge in [0.1, 0.15) is 0 Å². The Kier molecular flexibility index (Phi) is 5.97. The summed E-state index contributed by atoms with van der Waals surface area (Å²) >= 11 is 0. The van der Waals surface area contributed by atoms with Crippen molar-refractivity contribution in [2.45, 2.75) is 45.8 Å². The van der Waals surface area contributed by atoms with Crippen molar-refractivity contribution in [2.24, 2.45) is 0 Å². The van der Waals surface area contributed by atoms with Crippen molar-refractivity contribution in [1.29, 1.82) is 0 Å². The van der Waals surface area contributed by atoms with Crippen molar-refractivity contribution >= 4 is 10.8 Å². The highest BCUT2D eigenvalue weighted by Gasteiger charge is 2.22. The molecule has 21 heavy (non-hydrogen) atoms. The number of rotatable bonds is 6. The third kappa shape index (κ3) is 4.38. The van der Waals surface area contributed by atoms with Gasteiger partial charge in [-0.3, -0.25) is 4.21 Å². The van der Waals surface area contributed by atoms with Crippen molar-refractivity contribution in [3.63, 3.8) is 0 Å². The molecule has 0 radical (unpaired) electrons. The molecule has 1 saturated heterocycles. The minimum atomic E-state index is -0.850. The average molecular weight is 309 g/mol. The van der Waals surface area contributed by atoms with Gasteiger partial charge >= 0.3 is 0 Å². The summed E-state index contributed by atoms with van der Waals surface area (Å²) in [6.07, 6.45) is 2.36. The summed E-state index contributed by atoms with van der Waals surface area (Å²) in [4.78, 5) is 0. The summed E-state index contributed by atoms with van der Waals surface area (Å²) in [5.74, 6) is 1.32. The van der Waals surface area contributed by atoms with Crippen LogP contribution in [0.15, 0.2) is 12.1 Å². The fourth-order valence-corrected chi connectivity index (χ4v) is 4.81. The van der Waals surface area contributed by atoms with Crippen LogP contribution in [0.2, 0.25) is 0 Å². The second-order valence-corrected chi connectivity index (χ2v) is 7.61. The molecule has 3 nitrogen and oxygen atoms in total. The zero-order valence-corrected chi connectivity index (χ0v) is 14.4. The van der Waals surface area contributed by atoms with Gasteiger partial charge in [0.05, 0.1) is 6.10 Å². The molecule has 3 unspecified atom stereocenters. The Morgan fingerprint density at radius 1 is 1.33 bits per heavy atom. The first-order valence-corrected chi connectivity index (χ1v) is 9.21. The molecule has 1 aliphatic heterocycles. The van der Waals surface area contributed by atoms with Gasteiger partial charge in [-0.1, -0.05) is 17.7 Å². The Morgan fingerprint density at radius 3 is 2.52 bits per heavy atom. The Morgan fingerprint density at radius 2 is 2.00 bits per heavy atom. The molecule has 1 N–H and O–H groups in total. The lowest BCUT2D eigenvalue weighted by Crippen LogP contribution is -2.27. The van der Waals surface area contributed by atoms with Crippen LogP contribution >= 0.6 is 0 Å². The SMILES string of the molecule is CNC(CS(=O)CC1CCCO1)c1c(C)cc(C)cc1C. The molecular formula is C17H27NO2S. The van der Waals surface area contributed by atoms with Crippen molar-refractivity contribution < 1.29 is 8.95 Å². The summed E-state index contributed by atoms with van der Waals surface area (Å²) in [5.41, 5.74) is 5.13. The minimum absolute atomic E-state index is 0.146. The molecule has 0 saturated carbocycles. The van der Waals surface area contributed by atoms with E-state index in [0.717, 1.165) is 19.4 Å². The number of nitrogens with one attached hydrogen (secondary N) is 1. The van der Waals surface area contributed by atoms with Crippen LogP contribution in [0.5, 0.6) is 0 Å². The van der Waals surface area contributed by atoms with Crippen molar-refractivity contribution in [3.05, 3.63) is 34.4 Å². The molecule has 1 aliphatic rings. The van der Waals surface area contributed by atoms with E-state index in [-0.39, 0.29) is 12.1 Å². The molecule has 118 valence electrons. The van der Waals surface area contributed by atoms with Gasteiger partial charge in [-0.25, -0.2) is 0 Å². The van der Waals surface area contributed by atoms with Crippen LogP contribution in [0.3, 0.4) is 0 Å². The quantitative estimate of drug-likeness (QED) is 0.878. The number of aryl methyl sites for hydroxylation is 3. The molecule has 2 rings (SSSR count). The zero-order valence-electron chi connectivity index (χ0n) is 13.6. The third-order valence-electron chi connectivity index (χ3n) is 4.18. The molecule has 0 aliphatic carbocycles. The van der Waals surface area contributed by atoms with E-state index in [9.17, 15) is 4.21 Å². The van der Waals surface area contributed by atoms with Gasteiger partial charge in [-0.05, 0) is 57.4 Å². The summed E-state index contributed by atoms with van der Waals surface area (Å²) in [7, 11) is 1.10. The average Bonchev–Trinajstić information content (AvgIpc) is 2.89. The number of benzene rings is 1. The Hall–Kier alpha value is -0.710. The van der Waals surface area contributed by atoms with Crippen molar-refractivity contribution in [3.8, 4) is 0 Å². The van der Waals surface area contributed by atoms with E-state index < -0.39 is 10.8 Å². The van der Waals surface area contributed by atoms with Gasteiger partial charge in [0, 0.05) is 35.0 Å². The highest BCUT2D eigenvalue weighted by atomic mass is 32.2. The van der Waals surface area contributed by atoms with Gasteiger partial charge in [0.2, 0.25) is 0 Å². The summed E-state index contributed by atoms with van der Waals surface area (Å²) in [6.45, 7) is 7.23. The summed E-state index contributed by atoms with van der Waals surface area (Å²) < 4.78 is 18.0. The van der Waals surface area contributed by atoms with Crippen LogP contribution in [0.1, 0.15) is 41.1 Å². The Bertz CT molecular complexity index is 487. The van der Waals surface area contributed by atoms with Gasteiger partial charge in [0.15, 0.2) is 0 Å². The second kappa shape index (κ2) is 7.52. The highest BCUT2D eigenvalue weighted by Crippen LogP contribution is 2.25. The van der Waals surface area contributed by atoms with E-state index in [1.807, 2.05) is 7.05 Å². The van der Waals surface area contributed by atoms with Crippen LogP contribution in [0.25, 0.3) is 0 Å². The van der Waals surface area contributed by atoms with Crippen LogP contribution in [0.4, 0.5) is 0 Å². The van der Waals surface area contributed by atoms with Gasteiger partial charge in [0.25, 0.3) is 0 Å². The van der Waals surface area contributed by atoms with E-state index in [1.54, 1.807) is 0 Å². The predicted octanol–water partition coefficient (Wildman–Crippen LogP) is 2.80. The molecule has 1 heterocycles. The van der Waals surface area contributed by atoms with Crippen LogP contribution in [-0.4, -0.2) is 35.5 Å². The van der Waals surface area contributed by atoms with Crippen LogP contribution < -0.4 is 5.32 Å². The Balaban J connectivity index is 2.07. The van der Waals surface area contributed by atoms with E-state index in [0.29, 0.717) is 11.5 Å². The molecule has 1 aromatic rings. The lowest BCUT2D eigenvalue weighted by Gasteiger charge is -2.22. The van der Waals surface area contributed by atoms with Gasteiger partial charge < -0.3 is 10.1 Å². The number of hydrogen-bond acceptors (Lipinski definition) is 3. The topological polar surface area (TPSA) is 38.3 Å². The molecular weight excluding hydrogens is 282 g/mol. The maximum absolute atomic E-state index is 12.4. The summed E-state index contributed by atoms with van der Waals surface area (Å²) in [6, 6.07) is 4.55. The van der Waals surface area contributed by atoms with E-state index >= 15 is 0 Å². The van der Waals surface area contributed by atoms with E-state index in [4.69, 9.17) is 4.74 Å². The lowest BCUT2D eigenvalue weighted by atomic mass is 9.95. The molecule has 0 amide bonds. The first-order valence-electron chi connectivity index (χ1n) is 7.73. The first kappa shape index (κ1) is 16.7. The highest BCUT2D eigenvalue weighted by molar-refractivity contribution is 7.85. The standard InChI is InChI=1S/C17H27NO2S/c1-12-8-13(2)17(14(3)9-12)16(18-4)11-21(19)10-15-6-5-7-20-15/h8-9,15-16,18H,5-7,10-11H2,1-4H3. The third-order valence-corrected chi connectivity index (χ3v) is 5.63. The van der Waals surface area contributed by atoms with Gasteiger partial charge in [-0.2, -0.15) is 0 Å². The molecule has 4 heteroatoms. The first-order chi connectivity index (χ1) is 10.0. The fraction of sp³-hybridized carbons (Fsp3) is 0.647. The van der Waals surface area contributed by atoms with Crippen molar-refractivity contribution in [2.75, 3.05) is 25.2 Å². The number of hydrogen-bond donors (Lipinski definition) is 1. The smallest absolute Gasteiger partial charge is 0.0691 e. The lowest BCUT2D eigenvalue weighted by molar-refractivity contribution is 0.128. The molecule has 1 aromatic carbocycles. The van der Waals surface area contributed by atoms with Crippen LogP contribution in [0, 0.1) is 20.8 Å². The zero-order chi connectivity index (χ0) is 15.4. The minimum Gasteiger partial charge on any atom is -0.377 e. The second-order valence-electron chi connectivity index (χ2n) is 6.06.